The molecule has 0 radical (unpaired) electrons. The topological polar surface area (TPSA) is 41.1 Å². The van der Waals surface area contributed by atoms with Crippen LogP contribution in [-0.2, 0) is 4.79 Å². The monoisotopic (exact) mass is 214 g/mol. The molecule has 0 rings (SSSR count). The van der Waals surface area contributed by atoms with E-state index in [0.717, 1.165) is 25.8 Å². The second-order valence-electron chi connectivity index (χ2n) is 4.43. The van der Waals surface area contributed by atoms with Gasteiger partial charge in [-0.15, -0.1) is 0 Å². The van der Waals surface area contributed by atoms with Crippen molar-refractivity contribution in [2.45, 2.75) is 53.0 Å². The summed E-state index contributed by atoms with van der Waals surface area (Å²) >= 11 is 0. The van der Waals surface area contributed by atoms with E-state index in [1.807, 2.05) is 0 Å². The zero-order chi connectivity index (χ0) is 11.7. The highest BCUT2D eigenvalue weighted by atomic mass is 16.1. The van der Waals surface area contributed by atoms with E-state index in [0.29, 0.717) is 18.5 Å². The number of amides is 1. The summed E-state index contributed by atoms with van der Waals surface area (Å²) in [7, 11) is 0. The van der Waals surface area contributed by atoms with Gasteiger partial charge in [0.05, 0.1) is 6.54 Å². The van der Waals surface area contributed by atoms with E-state index in [2.05, 4.69) is 38.3 Å². The van der Waals surface area contributed by atoms with Gasteiger partial charge in [-0.3, -0.25) is 4.79 Å². The minimum absolute atomic E-state index is 0.113. The second-order valence-corrected chi connectivity index (χ2v) is 4.43. The van der Waals surface area contributed by atoms with E-state index in [1.165, 1.54) is 0 Å². The van der Waals surface area contributed by atoms with Gasteiger partial charge in [0.2, 0.25) is 5.91 Å². The summed E-state index contributed by atoms with van der Waals surface area (Å²) in [4.78, 5) is 11.4. The Balaban J connectivity index is 3.48. The maximum atomic E-state index is 11.4. The number of hydrogen-bond donors (Lipinski definition) is 2. The van der Waals surface area contributed by atoms with Gasteiger partial charge in [-0.2, -0.15) is 0 Å². The minimum Gasteiger partial charge on any atom is -0.355 e. The maximum absolute atomic E-state index is 11.4. The number of carbonyl (C=O) groups is 1. The third-order valence-corrected chi connectivity index (χ3v) is 2.58. The third kappa shape index (κ3) is 8.43. The van der Waals surface area contributed by atoms with Gasteiger partial charge in [0.25, 0.3) is 0 Å². The van der Waals surface area contributed by atoms with Crippen LogP contribution in [0.2, 0.25) is 0 Å². The Kier molecular flexibility index (Phi) is 8.38. The van der Waals surface area contributed by atoms with Crippen molar-refractivity contribution in [1.29, 1.82) is 0 Å². The third-order valence-electron chi connectivity index (χ3n) is 2.58. The van der Waals surface area contributed by atoms with Crippen molar-refractivity contribution in [1.82, 2.24) is 10.6 Å². The molecular weight excluding hydrogens is 188 g/mol. The van der Waals surface area contributed by atoms with Crippen molar-refractivity contribution in [3.8, 4) is 0 Å². The largest absolute Gasteiger partial charge is 0.355 e. The normalized spacial score (nSPS) is 11.1. The van der Waals surface area contributed by atoms with Crippen LogP contribution < -0.4 is 10.6 Å². The fourth-order valence-electron chi connectivity index (χ4n) is 1.38. The highest BCUT2D eigenvalue weighted by Crippen LogP contribution is 1.96. The Bertz CT molecular complexity index is 165. The summed E-state index contributed by atoms with van der Waals surface area (Å²) in [5.74, 6) is 0.764. The Hall–Kier alpha value is -0.570. The lowest BCUT2D eigenvalue weighted by molar-refractivity contribution is -0.120. The van der Waals surface area contributed by atoms with Gasteiger partial charge in [-0.05, 0) is 25.2 Å². The molecule has 0 spiro atoms. The highest BCUT2D eigenvalue weighted by molar-refractivity contribution is 5.77. The standard InChI is InChI=1S/C12H26N2O/c1-5-11(6-2)14-9-12(15)13-8-7-10(3)4/h10-11,14H,5-9H2,1-4H3,(H,13,15). The lowest BCUT2D eigenvalue weighted by Gasteiger charge is -2.14. The van der Waals surface area contributed by atoms with Crippen molar-refractivity contribution >= 4 is 5.91 Å². The summed E-state index contributed by atoms with van der Waals surface area (Å²) in [6.45, 7) is 9.84. The smallest absolute Gasteiger partial charge is 0.233 e. The van der Waals surface area contributed by atoms with Crippen LogP contribution in [0.15, 0.2) is 0 Å². The molecule has 0 aromatic heterocycles. The molecule has 0 aromatic rings. The van der Waals surface area contributed by atoms with Crippen LogP contribution in [0.3, 0.4) is 0 Å². The average Bonchev–Trinajstić information content (AvgIpc) is 2.18. The second kappa shape index (κ2) is 8.72. The number of carbonyl (C=O) groups excluding carboxylic acids is 1. The van der Waals surface area contributed by atoms with E-state index < -0.39 is 0 Å². The van der Waals surface area contributed by atoms with Crippen LogP contribution in [0.4, 0.5) is 0 Å². The van der Waals surface area contributed by atoms with Crippen molar-refractivity contribution in [3.63, 3.8) is 0 Å². The SMILES string of the molecule is CCC(CC)NCC(=O)NCCC(C)C. The molecule has 0 unspecified atom stereocenters. The Labute approximate surface area is 94.0 Å². The number of nitrogens with one attached hydrogen (secondary N) is 2. The molecular formula is C12H26N2O. The fourth-order valence-corrected chi connectivity index (χ4v) is 1.38. The lowest BCUT2D eigenvalue weighted by Crippen LogP contribution is -2.39. The molecule has 0 aliphatic carbocycles. The van der Waals surface area contributed by atoms with Crippen molar-refractivity contribution in [3.05, 3.63) is 0 Å². The lowest BCUT2D eigenvalue weighted by atomic mass is 10.1. The van der Waals surface area contributed by atoms with E-state index in [4.69, 9.17) is 0 Å². The van der Waals surface area contributed by atoms with Crippen LogP contribution in [0.1, 0.15) is 47.0 Å². The van der Waals surface area contributed by atoms with Crippen LogP contribution in [-0.4, -0.2) is 25.0 Å². The van der Waals surface area contributed by atoms with Gasteiger partial charge in [0, 0.05) is 12.6 Å². The summed E-state index contributed by atoms with van der Waals surface area (Å²) in [5.41, 5.74) is 0. The van der Waals surface area contributed by atoms with Gasteiger partial charge < -0.3 is 10.6 Å². The Morgan fingerprint density at radius 2 is 1.80 bits per heavy atom. The molecule has 90 valence electrons. The molecule has 3 nitrogen and oxygen atoms in total. The summed E-state index contributed by atoms with van der Waals surface area (Å²) in [5, 5.41) is 6.16. The predicted molar refractivity (Wildman–Crippen MR) is 64.8 cm³/mol. The molecule has 0 atom stereocenters. The van der Waals surface area contributed by atoms with Crippen LogP contribution >= 0.6 is 0 Å². The molecule has 0 aliphatic rings. The number of hydrogen-bond acceptors (Lipinski definition) is 2. The van der Waals surface area contributed by atoms with Crippen molar-refractivity contribution in [2.75, 3.05) is 13.1 Å². The van der Waals surface area contributed by atoms with Crippen molar-refractivity contribution in [2.24, 2.45) is 5.92 Å². The average molecular weight is 214 g/mol. The van der Waals surface area contributed by atoms with Crippen molar-refractivity contribution < 1.29 is 4.79 Å². The molecule has 0 fully saturated rings. The fraction of sp³-hybridized carbons (Fsp3) is 0.917. The van der Waals surface area contributed by atoms with Crippen LogP contribution in [0, 0.1) is 5.92 Å². The molecule has 15 heavy (non-hydrogen) atoms. The van der Waals surface area contributed by atoms with E-state index in [-0.39, 0.29) is 5.91 Å². The molecule has 0 aliphatic heterocycles. The Morgan fingerprint density at radius 1 is 1.20 bits per heavy atom. The molecule has 1 amide bonds. The van der Waals surface area contributed by atoms with Crippen LogP contribution in [0.25, 0.3) is 0 Å². The molecule has 0 aromatic carbocycles. The van der Waals surface area contributed by atoms with E-state index in [9.17, 15) is 4.79 Å². The molecule has 0 saturated carbocycles. The molecule has 0 saturated heterocycles. The molecule has 3 heteroatoms. The van der Waals surface area contributed by atoms with Gasteiger partial charge in [-0.25, -0.2) is 0 Å². The maximum Gasteiger partial charge on any atom is 0.233 e. The Morgan fingerprint density at radius 3 is 2.27 bits per heavy atom. The van der Waals surface area contributed by atoms with E-state index in [1.54, 1.807) is 0 Å². The zero-order valence-electron chi connectivity index (χ0n) is 10.6. The highest BCUT2D eigenvalue weighted by Gasteiger charge is 2.05. The first kappa shape index (κ1) is 14.4. The zero-order valence-corrected chi connectivity index (χ0v) is 10.6. The summed E-state index contributed by atoms with van der Waals surface area (Å²) in [6, 6.07) is 0.473. The summed E-state index contributed by atoms with van der Waals surface area (Å²) in [6.07, 6.45) is 3.21. The van der Waals surface area contributed by atoms with Gasteiger partial charge in [0.15, 0.2) is 0 Å². The van der Waals surface area contributed by atoms with Gasteiger partial charge in [-0.1, -0.05) is 27.7 Å². The van der Waals surface area contributed by atoms with Gasteiger partial charge >= 0.3 is 0 Å². The van der Waals surface area contributed by atoms with Gasteiger partial charge in [0.1, 0.15) is 0 Å². The first-order chi connectivity index (χ1) is 7.10. The quantitative estimate of drug-likeness (QED) is 0.648. The summed E-state index contributed by atoms with van der Waals surface area (Å²) < 4.78 is 0. The molecule has 2 N–H and O–H groups in total. The van der Waals surface area contributed by atoms with E-state index >= 15 is 0 Å². The minimum atomic E-state index is 0.113. The first-order valence-corrected chi connectivity index (χ1v) is 6.10. The van der Waals surface area contributed by atoms with Crippen LogP contribution in [0.5, 0.6) is 0 Å². The molecule has 0 heterocycles. The predicted octanol–water partition coefficient (Wildman–Crippen LogP) is 1.93. The molecule has 0 bridgehead atoms. The number of rotatable bonds is 8. The first-order valence-electron chi connectivity index (χ1n) is 6.10.